The van der Waals surface area contributed by atoms with Crippen LogP contribution in [0.15, 0.2) is 47.6 Å². The van der Waals surface area contributed by atoms with Crippen molar-refractivity contribution in [2.24, 2.45) is 5.16 Å². The van der Waals surface area contributed by atoms with Crippen LogP contribution in [0.5, 0.6) is 5.75 Å². The van der Waals surface area contributed by atoms with Crippen LogP contribution in [-0.2, 0) is 22.6 Å². The Morgan fingerprint density at radius 2 is 2.15 bits per heavy atom. The number of hydrogen-bond acceptors (Lipinski definition) is 4. The standard InChI is InChI=1S/C20H19FN2O3/c1-25-17-6-5-13-7-8-23(12-15(13)10-17)20(24)19-11-18(22-26-19)14-3-2-4-16(21)9-14/h2-6,9-10,19H,7-8,11-12H2,1H3. The van der Waals surface area contributed by atoms with E-state index in [2.05, 4.69) is 5.16 Å². The molecule has 0 radical (unpaired) electrons. The molecule has 2 aromatic carbocycles. The highest BCUT2D eigenvalue weighted by atomic mass is 19.1. The summed E-state index contributed by atoms with van der Waals surface area (Å²) in [7, 11) is 1.63. The van der Waals surface area contributed by atoms with Crippen molar-refractivity contribution in [3.8, 4) is 5.75 Å². The van der Waals surface area contributed by atoms with Gasteiger partial charge in [-0.15, -0.1) is 0 Å². The molecule has 0 fully saturated rings. The molecule has 0 spiro atoms. The lowest BCUT2D eigenvalue weighted by Crippen LogP contribution is -2.42. The third kappa shape index (κ3) is 3.14. The molecule has 134 valence electrons. The van der Waals surface area contributed by atoms with Crippen LogP contribution < -0.4 is 4.74 Å². The van der Waals surface area contributed by atoms with Crippen LogP contribution in [0.2, 0.25) is 0 Å². The van der Waals surface area contributed by atoms with Crippen molar-refractivity contribution >= 4 is 11.6 Å². The first-order valence-electron chi connectivity index (χ1n) is 8.57. The number of methoxy groups -OCH3 is 1. The molecule has 4 rings (SSSR count). The number of rotatable bonds is 3. The van der Waals surface area contributed by atoms with E-state index in [1.807, 2.05) is 18.2 Å². The fraction of sp³-hybridized carbons (Fsp3) is 0.300. The number of nitrogens with zero attached hydrogens (tertiary/aromatic N) is 2. The average Bonchev–Trinajstić information content (AvgIpc) is 3.16. The smallest absolute Gasteiger partial charge is 0.267 e. The van der Waals surface area contributed by atoms with E-state index in [1.165, 1.54) is 17.7 Å². The Kier molecular flexibility index (Phi) is 4.32. The van der Waals surface area contributed by atoms with Crippen molar-refractivity contribution in [3.63, 3.8) is 0 Å². The maximum Gasteiger partial charge on any atom is 0.267 e. The molecule has 26 heavy (non-hydrogen) atoms. The monoisotopic (exact) mass is 354 g/mol. The van der Waals surface area contributed by atoms with E-state index in [4.69, 9.17) is 9.57 Å². The molecule has 2 aromatic rings. The Morgan fingerprint density at radius 1 is 1.27 bits per heavy atom. The molecular weight excluding hydrogens is 335 g/mol. The van der Waals surface area contributed by atoms with Gasteiger partial charge in [0.2, 0.25) is 6.10 Å². The summed E-state index contributed by atoms with van der Waals surface area (Å²) in [6.07, 6.45) is 0.500. The van der Waals surface area contributed by atoms with Gasteiger partial charge in [-0.05, 0) is 41.8 Å². The van der Waals surface area contributed by atoms with Gasteiger partial charge in [-0.3, -0.25) is 4.79 Å². The molecule has 1 unspecified atom stereocenters. The van der Waals surface area contributed by atoms with Gasteiger partial charge >= 0.3 is 0 Å². The lowest BCUT2D eigenvalue weighted by Gasteiger charge is -2.30. The van der Waals surface area contributed by atoms with Gasteiger partial charge in [0.15, 0.2) is 0 Å². The Labute approximate surface area is 151 Å². The summed E-state index contributed by atoms with van der Waals surface area (Å²) in [5.74, 6) is 0.363. The number of benzene rings is 2. The number of hydrogen-bond donors (Lipinski definition) is 0. The molecule has 0 bridgehead atoms. The van der Waals surface area contributed by atoms with Crippen LogP contribution in [0.3, 0.4) is 0 Å². The number of carbonyl (C=O) groups excluding carboxylic acids is 1. The van der Waals surface area contributed by atoms with Crippen LogP contribution in [0.25, 0.3) is 0 Å². The van der Waals surface area contributed by atoms with Gasteiger partial charge < -0.3 is 14.5 Å². The van der Waals surface area contributed by atoms with E-state index in [-0.39, 0.29) is 11.7 Å². The predicted octanol–water partition coefficient (Wildman–Crippen LogP) is 2.91. The normalized spacial score (nSPS) is 18.8. The molecule has 5 nitrogen and oxygen atoms in total. The Hall–Kier alpha value is -2.89. The van der Waals surface area contributed by atoms with Crippen LogP contribution in [-0.4, -0.2) is 36.3 Å². The Morgan fingerprint density at radius 3 is 2.96 bits per heavy atom. The van der Waals surface area contributed by atoms with Crippen LogP contribution >= 0.6 is 0 Å². The van der Waals surface area contributed by atoms with Crippen LogP contribution in [0.4, 0.5) is 4.39 Å². The zero-order chi connectivity index (χ0) is 18.1. The number of carbonyl (C=O) groups is 1. The van der Waals surface area contributed by atoms with Gasteiger partial charge in [-0.25, -0.2) is 4.39 Å². The molecule has 0 N–H and O–H groups in total. The van der Waals surface area contributed by atoms with E-state index in [9.17, 15) is 9.18 Å². The van der Waals surface area contributed by atoms with E-state index in [0.29, 0.717) is 30.8 Å². The highest BCUT2D eigenvalue weighted by Gasteiger charge is 2.33. The van der Waals surface area contributed by atoms with Crippen molar-refractivity contribution in [1.82, 2.24) is 4.90 Å². The third-order valence-corrected chi connectivity index (χ3v) is 4.84. The number of halogens is 1. The molecule has 0 aliphatic carbocycles. The van der Waals surface area contributed by atoms with Crippen LogP contribution in [0.1, 0.15) is 23.1 Å². The van der Waals surface area contributed by atoms with Gasteiger partial charge in [-0.2, -0.15) is 0 Å². The number of fused-ring (bicyclic) bond motifs is 1. The minimum atomic E-state index is -0.652. The number of amides is 1. The van der Waals surface area contributed by atoms with Crippen LogP contribution in [0, 0.1) is 5.82 Å². The molecule has 2 aliphatic rings. The minimum absolute atomic E-state index is 0.0892. The zero-order valence-corrected chi connectivity index (χ0v) is 14.4. The minimum Gasteiger partial charge on any atom is -0.497 e. The van der Waals surface area contributed by atoms with E-state index >= 15 is 0 Å². The largest absolute Gasteiger partial charge is 0.497 e. The molecule has 1 atom stereocenters. The molecular formula is C20H19FN2O3. The first kappa shape index (κ1) is 16.6. The van der Waals surface area contributed by atoms with Crippen molar-refractivity contribution in [3.05, 3.63) is 65.0 Å². The summed E-state index contributed by atoms with van der Waals surface area (Å²) in [6.45, 7) is 1.17. The van der Waals surface area contributed by atoms with Gasteiger partial charge in [0, 0.05) is 25.1 Å². The van der Waals surface area contributed by atoms with Crippen molar-refractivity contribution < 1.29 is 18.8 Å². The van der Waals surface area contributed by atoms with Crippen molar-refractivity contribution in [2.75, 3.05) is 13.7 Å². The average molecular weight is 354 g/mol. The summed E-state index contributed by atoms with van der Waals surface area (Å²) in [5.41, 5.74) is 3.57. The first-order valence-corrected chi connectivity index (χ1v) is 8.57. The second-order valence-corrected chi connectivity index (χ2v) is 6.49. The fourth-order valence-corrected chi connectivity index (χ4v) is 3.40. The fourth-order valence-electron chi connectivity index (χ4n) is 3.40. The molecule has 6 heteroatoms. The van der Waals surface area contributed by atoms with E-state index < -0.39 is 6.10 Å². The maximum atomic E-state index is 13.4. The van der Waals surface area contributed by atoms with E-state index in [0.717, 1.165) is 17.7 Å². The lowest BCUT2D eigenvalue weighted by molar-refractivity contribution is -0.143. The summed E-state index contributed by atoms with van der Waals surface area (Å²) in [5, 5.41) is 4.00. The highest BCUT2D eigenvalue weighted by molar-refractivity contribution is 6.04. The van der Waals surface area contributed by atoms with Gasteiger partial charge in [-0.1, -0.05) is 23.4 Å². The summed E-state index contributed by atoms with van der Waals surface area (Å²) < 4.78 is 18.7. The quantitative estimate of drug-likeness (QED) is 0.852. The van der Waals surface area contributed by atoms with Gasteiger partial charge in [0.25, 0.3) is 5.91 Å². The van der Waals surface area contributed by atoms with Crippen molar-refractivity contribution in [2.45, 2.75) is 25.5 Å². The number of oxime groups is 1. The molecule has 2 aliphatic heterocycles. The summed E-state index contributed by atoms with van der Waals surface area (Å²) in [4.78, 5) is 20.0. The second-order valence-electron chi connectivity index (χ2n) is 6.49. The summed E-state index contributed by atoms with van der Waals surface area (Å²) in [6, 6.07) is 12.1. The Balaban J connectivity index is 1.44. The maximum absolute atomic E-state index is 13.4. The second kappa shape index (κ2) is 6.78. The van der Waals surface area contributed by atoms with Gasteiger partial charge in [0.05, 0.1) is 12.8 Å². The highest BCUT2D eigenvalue weighted by Crippen LogP contribution is 2.26. The molecule has 0 aromatic heterocycles. The first-order chi connectivity index (χ1) is 12.6. The number of ether oxygens (including phenoxy) is 1. The predicted molar refractivity (Wildman–Crippen MR) is 94.5 cm³/mol. The SMILES string of the molecule is COc1ccc2c(c1)CN(C(=O)C1CC(c3cccc(F)c3)=NO1)CC2. The molecule has 0 saturated carbocycles. The van der Waals surface area contributed by atoms with Crippen molar-refractivity contribution in [1.29, 1.82) is 0 Å². The molecule has 0 saturated heterocycles. The Bertz CT molecular complexity index is 881. The third-order valence-electron chi connectivity index (χ3n) is 4.84. The summed E-state index contributed by atoms with van der Waals surface area (Å²) >= 11 is 0. The molecule has 1 amide bonds. The lowest BCUT2D eigenvalue weighted by atomic mass is 9.98. The van der Waals surface area contributed by atoms with Gasteiger partial charge in [0.1, 0.15) is 11.6 Å². The topological polar surface area (TPSA) is 51.1 Å². The van der Waals surface area contributed by atoms with E-state index in [1.54, 1.807) is 24.1 Å². The zero-order valence-electron chi connectivity index (χ0n) is 14.4. The molecule has 2 heterocycles.